The molecule has 3 unspecified atom stereocenters. The van der Waals surface area contributed by atoms with Gasteiger partial charge in [0.15, 0.2) is 0 Å². The molecule has 6 heteroatoms. The van der Waals surface area contributed by atoms with E-state index < -0.39 is 11.6 Å². The molecule has 0 aliphatic carbocycles. The van der Waals surface area contributed by atoms with E-state index >= 15 is 0 Å². The normalized spacial score (nSPS) is 15.5. The fourth-order valence-electron chi connectivity index (χ4n) is 2.97. The van der Waals surface area contributed by atoms with Gasteiger partial charge in [0.05, 0.1) is 12.7 Å². The second kappa shape index (κ2) is 12.3. The molecule has 0 aromatic heterocycles. The summed E-state index contributed by atoms with van der Waals surface area (Å²) in [6, 6.07) is 9.92. The van der Waals surface area contributed by atoms with Crippen LogP contribution in [0.2, 0.25) is 0 Å². The van der Waals surface area contributed by atoms with Crippen LogP contribution in [-0.4, -0.2) is 34.3 Å². The summed E-state index contributed by atoms with van der Waals surface area (Å²) >= 11 is 1.56. The number of thioether (sulfide) groups is 1. The van der Waals surface area contributed by atoms with Gasteiger partial charge < -0.3 is 14.2 Å². The lowest BCUT2D eigenvalue weighted by atomic mass is 9.98. The Morgan fingerprint density at radius 3 is 2.26 bits per heavy atom. The Balaban J connectivity index is 2.65. The van der Waals surface area contributed by atoms with E-state index in [1.54, 1.807) is 11.8 Å². The van der Waals surface area contributed by atoms with Crippen molar-refractivity contribution in [3.05, 3.63) is 48.0 Å². The summed E-state index contributed by atoms with van der Waals surface area (Å²) in [5, 5.41) is 0. The van der Waals surface area contributed by atoms with Gasteiger partial charge in [-0.2, -0.15) is 0 Å². The first kappa shape index (κ1) is 27.2. The smallest absolute Gasteiger partial charge is 0.334 e. The summed E-state index contributed by atoms with van der Waals surface area (Å²) in [7, 11) is 0. The predicted octanol–water partition coefficient (Wildman–Crippen LogP) is 6.23. The lowest BCUT2D eigenvalue weighted by Crippen LogP contribution is -2.35. The minimum atomic E-state index is -0.789. The van der Waals surface area contributed by atoms with Crippen molar-refractivity contribution in [3.8, 4) is 0 Å². The molecule has 3 atom stereocenters. The number of benzene rings is 1. The van der Waals surface area contributed by atoms with Gasteiger partial charge in [0.2, 0.25) is 0 Å². The van der Waals surface area contributed by atoms with Crippen LogP contribution in [0.5, 0.6) is 0 Å². The van der Waals surface area contributed by atoms with Crippen LogP contribution >= 0.6 is 11.8 Å². The maximum atomic E-state index is 12.7. The molecule has 0 aliphatic rings. The number of carbonyl (C=O) groups is 2. The van der Waals surface area contributed by atoms with Gasteiger partial charge in [0.1, 0.15) is 11.0 Å². The van der Waals surface area contributed by atoms with Gasteiger partial charge in [-0.1, -0.05) is 50.8 Å². The van der Waals surface area contributed by atoms with Crippen LogP contribution in [-0.2, 0) is 23.8 Å². The summed E-state index contributed by atoms with van der Waals surface area (Å²) in [5.41, 5.74) is 0.431. The third kappa shape index (κ3) is 9.92. The zero-order valence-corrected chi connectivity index (χ0v) is 20.8. The Hall–Kier alpha value is -1.79. The Morgan fingerprint density at radius 2 is 1.74 bits per heavy atom. The molecule has 0 saturated carbocycles. The van der Waals surface area contributed by atoms with E-state index in [0.29, 0.717) is 18.4 Å². The predicted molar refractivity (Wildman–Crippen MR) is 127 cm³/mol. The highest BCUT2D eigenvalue weighted by atomic mass is 32.2. The van der Waals surface area contributed by atoms with Crippen molar-refractivity contribution in [1.29, 1.82) is 0 Å². The minimum Gasteiger partial charge on any atom is -0.454 e. The molecular weight excluding hydrogens is 412 g/mol. The molecule has 1 aromatic carbocycles. The number of hydrogen-bond donors (Lipinski definition) is 0. The van der Waals surface area contributed by atoms with Crippen LogP contribution in [0, 0.1) is 0 Å². The van der Waals surface area contributed by atoms with Crippen molar-refractivity contribution in [3.63, 3.8) is 0 Å². The first-order valence-corrected chi connectivity index (χ1v) is 11.7. The first-order valence-electron chi connectivity index (χ1n) is 10.8. The monoisotopic (exact) mass is 450 g/mol. The SMILES string of the molecule is C=C(CC(C)(CC)SC(CC)OC(C)=O)C(=O)OC(C)(C)COC(C)c1ccccc1. The lowest BCUT2D eigenvalue weighted by molar-refractivity contribution is -0.159. The second-order valence-electron chi connectivity index (χ2n) is 8.66. The van der Waals surface area contributed by atoms with Gasteiger partial charge in [0, 0.05) is 17.2 Å². The second-order valence-corrected chi connectivity index (χ2v) is 10.4. The first-order chi connectivity index (χ1) is 14.4. The van der Waals surface area contributed by atoms with Crippen molar-refractivity contribution < 1.29 is 23.8 Å². The largest absolute Gasteiger partial charge is 0.454 e. The molecule has 1 rings (SSSR count). The summed E-state index contributed by atoms with van der Waals surface area (Å²) < 4.78 is 16.7. The molecule has 1 aromatic rings. The number of ether oxygens (including phenoxy) is 3. The van der Waals surface area contributed by atoms with Crippen LogP contribution in [0.1, 0.15) is 79.4 Å². The summed E-state index contributed by atoms with van der Waals surface area (Å²) in [6.45, 7) is 17.4. The summed E-state index contributed by atoms with van der Waals surface area (Å²) in [4.78, 5) is 24.1. The lowest BCUT2D eigenvalue weighted by Gasteiger charge is -2.32. The molecule has 0 radical (unpaired) electrons. The number of esters is 2. The molecule has 5 nitrogen and oxygen atoms in total. The molecule has 0 amide bonds. The van der Waals surface area contributed by atoms with E-state index in [0.717, 1.165) is 12.0 Å². The number of hydrogen-bond acceptors (Lipinski definition) is 6. The highest BCUT2D eigenvalue weighted by molar-refractivity contribution is 8.01. The van der Waals surface area contributed by atoms with E-state index in [9.17, 15) is 9.59 Å². The van der Waals surface area contributed by atoms with Crippen LogP contribution in [0.3, 0.4) is 0 Å². The minimum absolute atomic E-state index is 0.102. The van der Waals surface area contributed by atoms with E-state index in [1.807, 2.05) is 58.0 Å². The maximum Gasteiger partial charge on any atom is 0.334 e. The van der Waals surface area contributed by atoms with Crippen LogP contribution < -0.4 is 0 Å². The van der Waals surface area contributed by atoms with Crippen molar-refractivity contribution in [2.75, 3.05) is 6.61 Å². The molecule has 174 valence electrons. The van der Waals surface area contributed by atoms with Crippen LogP contribution in [0.25, 0.3) is 0 Å². The van der Waals surface area contributed by atoms with Crippen molar-refractivity contribution in [2.24, 2.45) is 0 Å². The Labute approximate surface area is 191 Å². The van der Waals surface area contributed by atoms with E-state index in [4.69, 9.17) is 14.2 Å². The molecule has 0 spiro atoms. The molecule has 31 heavy (non-hydrogen) atoms. The van der Waals surface area contributed by atoms with Gasteiger partial charge in [-0.25, -0.2) is 4.79 Å². The van der Waals surface area contributed by atoms with Crippen molar-refractivity contribution >= 4 is 23.7 Å². The van der Waals surface area contributed by atoms with E-state index in [1.165, 1.54) is 6.92 Å². The van der Waals surface area contributed by atoms with Crippen LogP contribution in [0.15, 0.2) is 42.5 Å². The quantitative estimate of drug-likeness (QED) is 0.202. The van der Waals surface area contributed by atoms with Gasteiger partial charge in [-0.3, -0.25) is 4.79 Å². The average Bonchev–Trinajstić information content (AvgIpc) is 2.71. The molecular formula is C25H38O5S. The van der Waals surface area contributed by atoms with Gasteiger partial charge in [0.25, 0.3) is 0 Å². The molecule has 0 saturated heterocycles. The van der Waals surface area contributed by atoms with Gasteiger partial charge >= 0.3 is 11.9 Å². The maximum absolute atomic E-state index is 12.7. The highest BCUT2D eigenvalue weighted by Gasteiger charge is 2.33. The Kier molecular flexibility index (Phi) is 10.8. The Bertz CT molecular complexity index is 731. The third-order valence-electron chi connectivity index (χ3n) is 4.99. The number of carbonyl (C=O) groups excluding carboxylic acids is 2. The zero-order valence-electron chi connectivity index (χ0n) is 20.0. The topological polar surface area (TPSA) is 61.8 Å². The standard InChI is InChI=1S/C25H38O5S/c1-9-22(29-20(5)26)31-25(8,10-2)16-18(3)23(27)30-24(6,7)17-28-19(4)21-14-12-11-13-15-21/h11-15,19,22H,3,9-10,16-17H2,1-2,4-8H3. The molecule has 0 fully saturated rings. The summed E-state index contributed by atoms with van der Waals surface area (Å²) in [6.07, 6.45) is 1.83. The Morgan fingerprint density at radius 1 is 1.13 bits per heavy atom. The fraction of sp³-hybridized carbons (Fsp3) is 0.600. The highest BCUT2D eigenvalue weighted by Crippen LogP contribution is 2.39. The fourth-order valence-corrected chi connectivity index (χ4v) is 4.37. The van der Waals surface area contributed by atoms with Gasteiger partial charge in [-0.15, -0.1) is 11.8 Å². The van der Waals surface area contributed by atoms with E-state index in [-0.39, 0.29) is 28.9 Å². The average molecular weight is 451 g/mol. The van der Waals surface area contributed by atoms with E-state index in [2.05, 4.69) is 20.4 Å². The van der Waals surface area contributed by atoms with Crippen LogP contribution in [0.4, 0.5) is 0 Å². The molecule has 0 heterocycles. The zero-order chi connectivity index (χ0) is 23.7. The third-order valence-corrected chi connectivity index (χ3v) is 6.68. The summed E-state index contributed by atoms with van der Waals surface area (Å²) in [5.74, 6) is -0.732. The van der Waals surface area contributed by atoms with Crippen molar-refractivity contribution in [1.82, 2.24) is 0 Å². The number of rotatable bonds is 13. The van der Waals surface area contributed by atoms with Gasteiger partial charge in [-0.05, 0) is 52.5 Å². The molecule has 0 N–H and O–H groups in total. The molecule has 0 bridgehead atoms. The van der Waals surface area contributed by atoms with Crippen molar-refractivity contribution in [2.45, 2.75) is 89.6 Å². The molecule has 0 aliphatic heterocycles.